The van der Waals surface area contributed by atoms with E-state index in [0.717, 1.165) is 11.1 Å². The fraction of sp³-hybridized carbons (Fsp3) is 0.235. The molecule has 1 aliphatic heterocycles. The summed E-state index contributed by atoms with van der Waals surface area (Å²) in [6, 6.07) is 14.9. The highest BCUT2D eigenvalue weighted by molar-refractivity contribution is 6.31. The summed E-state index contributed by atoms with van der Waals surface area (Å²) < 4.78 is 6.10. The van der Waals surface area contributed by atoms with Gasteiger partial charge in [0.1, 0.15) is 5.78 Å². The molecule has 21 heavy (non-hydrogen) atoms. The lowest BCUT2D eigenvalue weighted by atomic mass is 9.94. The molecule has 1 heterocycles. The van der Waals surface area contributed by atoms with E-state index in [0.29, 0.717) is 22.9 Å². The number of carbonyl (C=O) groups excluding carboxylic acids is 1. The maximum absolute atomic E-state index is 12.1. The predicted octanol–water partition coefficient (Wildman–Crippen LogP) is 5.16. The van der Waals surface area contributed by atoms with Crippen molar-refractivity contribution in [1.82, 2.24) is 0 Å². The van der Waals surface area contributed by atoms with Crippen LogP contribution in [-0.4, -0.2) is 5.78 Å². The molecule has 4 heteroatoms. The van der Waals surface area contributed by atoms with E-state index < -0.39 is 0 Å². The molecule has 0 saturated carbocycles. The maximum atomic E-state index is 12.1. The molecular weight excluding hydrogens is 307 g/mol. The van der Waals surface area contributed by atoms with E-state index in [9.17, 15) is 4.79 Å². The van der Waals surface area contributed by atoms with Gasteiger partial charge in [-0.3, -0.25) is 4.79 Å². The zero-order valence-corrected chi connectivity index (χ0v) is 12.8. The zero-order valence-electron chi connectivity index (χ0n) is 11.3. The van der Waals surface area contributed by atoms with Crippen LogP contribution in [0.1, 0.15) is 36.2 Å². The second-order valence-electron chi connectivity index (χ2n) is 5.10. The van der Waals surface area contributed by atoms with Crippen LogP contribution in [0.3, 0.4) is 0 Å². The molecule has 2 atom stereocenters. The minimum atomic E-state index is -0.318. The van der Waals surface area contributed by atoms with Crippen LogP contribution in [0.5, 0.6) is 0 Å². The Morgan fingerprint density at radius 2 is 1.24 bits per heavy atom. The summed E-state index contributed by atoms with van der Waals surface area (Å²) >= 11 is 12.4. The van der Waals surface area contributed by atoms with Gasteiger partial charge in [-0.2, -0.15) is 0 Å². The summed E-state index contributed by atoms with van der Waals surface area (Å²) in [5.41, 5.74) is 1.70. The molecule has 0 aromatic heterocycles. The van der Waals surface area contributed by atoms with Crippen molar-refractivity contribution in [1.29, 1.82) is 0 Å². The molecule has 0 radical (unpaired) electrons. The SMILES string of the molecule is O=C1CC(c2ccccc2Cl)OC(c2ccccc2Cl)C1. The Balaban J connectivity index is 1.91. The summed E-state index contributed by atoms with van der Waals surface area (Å²) in [5.74, 6) is 0.163. The Labute approximate surface area is 133 Å². The molecule has 2 nitrogen and oxygen atoms in total. The third-order valence-electron chi connectivity index (χ3n) is 3.66. The predicted molar refractivity (Wildman–Crippen MR) is 83.7 cm³/mol. The second-order valence-corrected chi connectivity index (χ2v) is 5.92. The lowest BCUT2D eigenvalue weighted by Gasteiger charge is -2.30. The molecule has 1 fully saturated rings. The highest BCUT2D eigenvalue weighted by atomic mass is 35.5. The van der Waals surface area contributed by atoms with Crippen molar-refractivity contribution in [3.05, 3.63) is 69.7 Å². The summed E-state index contributed by atoms with van der Waals surface area (Å²) in [6.45, 7) is 0. The van der Waals surface area contributed by atoms with Gasteiger partial charge in [0.25, 0.3) is 0 Å². The van der Waals surface area contributed by atoms with Crippen molar-refractivity contribution >= 4 is 29.0 Å². The number of hydrogen-bond acceptors (Lipinski definition) is 2. The maximum Gasteiger partial charge on any atom is 0.138 e. The molecule has 108 valence electrons. The van der Waals surface area contributed by atoms with E-state index in [1.807, 2.05) is 48.5 Å². The highest BCUT2D eigenvalue weighted by Gasteiger charge is 2.31. The molecule has 0 aliphatic carbocycles. The molecule has 0 N–H and O–H groups in total. The Morgan fingerprint density at radius 3 is 1.67 bits per heavy atom. The topological polar surface area (TPSA) is 26.3 Å². The van der Waals surface area contributed by atoms with E-state index in [1.54, 1.807) is 0 Å². The lowest BCUT2D eigenvalue weighted by molar-refractivity contribution is -0.136. The van der Waals surface area contributed by atoms with Crippen LogP contribution in [0, 0.1) is 0 Å². The van der Waals surface area contributed by atoms with Crippen molar-refractivity contribution in [3.8, 4) is 0 Å². The summed E-state index contributed by atoms with van der Waals surface area (Å²) in [5, 5.41) is 1.24. The van der Waals surface area contributed by atoms with E-state index in [4.69, 9.17) is 27.9 Å². The van der Waals surface area contributed by atoms with Gasteiger partial charge < -0.3 is 4.74 Å². The molecule has 2 aromatic rings. The number of halogens is 2. The van der Waals surface area contributed by atoms with Crippen molar-refractivity contribution in [2.45, 2.75) is 25.0 Å². The number of benzene rings is 2. The summed E-state index contributed by atoms with van der Waals surface area (Å²) in [4.78, 5) is 12.1. The van der Waals surface area contributed by atoms with Gasteiger partial charge in [-0.05, 0) is 23.3 Å². The van der Waals surface area contributed by atoms with Crippen LogP contribution in [-0.2, 0) is 9.53 Å². The molecule has 0 bridgehead atoms. The lowest BCUT2D eigenvalue weighted by Crippen LogP contribution is -2.23. The fourth-order valence-electron chi connectivity index (χ4n) is 2.63. The minimum Gasteiger partial charge on any atom is -0.365 e. The quantitative estimate of drug-likeness (QED) is 0.764. The Kier molecular flexibility index (Phi) is 4.29. The van der Waals surface area contributed by atoms with Gasteiger partial charge in [0.2, 0.25) is 0 Å². The van der Waals surface area contributed by atoms with Crippen LogP contribution < -0.4 is 0 Å². The number of ketones is 1. The first-order chi connectivity index (χ1) is 10.1. The number of ether oxygens (including phenoxy) is 1. The van der Waals surface area contributed by atoms with Gasteiger partial charge in [0.15, 0.2) is 0 Å². The third kappa shape index (κ3) is 3.13. The first-order valence-electron chi connectivity index (χ1n) is 6.81. The van der Waals surface area contributed by atoms with Crippen LogP contribution >= 0.6 is 23.2 Å². The Morgan fingerprint density at radius 1 is 0.810 bits per heavy atom. The van der Waals surface area contributed by atoms with Crippen molar-refractivity contribution < 1.29 is 9.53 Å². The molecule has 2 aromatic carbocycles. The van der Waals surface area contributed by atoms with E-state index in [1.165, 1.54) is 0 Å². The van der Waals surface area contributed by atoms with Gasteiger partial charge in [0, 0.05) is 22.9 Å². The third-order valence-corrected chi connectivity index (χ3v) is 4.35. The largest absolute Gasteiger partial charge is 0.365 e. The average molecular weight is 321 g/mol. The highest BCUT2D eigenvalue weighted by Crippen LogP contribution is 2.40. The van der Waals surface area contributed by atoms with Crippen LogP contribution in [0.2, 0.25) is 10.0 Å². The summed E-state index contributed by atoms with van der Waals surface area (Å²) in [6.07, 6.45) is 0.0671. The van der Waals surface area contributed by atoms with E-state index in [-0.39, 0.29) is 18.0 Å². The minimum absolute atomic E-state index is 0.163. The standard InChI is InChI=1S/C17H14Cl2O2/c18-14-7-3-1-5-12(14)16-9-11(20)10-17(21-16)13-6-2-4-8-15(13)19/h1-8,16-17H,9-10H2. The fourth-order valence-corrected chi connectivity index (χ4v) is 3.15. The molecule has 3 rings (SSSR count). The van der Waals surface area contributed by atoms with Gasteiger partial charge in [-0.15, -0.1) is 0 Å². The number of carbonyl (C=O) groups is 1. The summed E-state index contributed by atoms with van der Waals surface area (Å²) in [7, 11) is 0. The monoisotopic (exact) mass is 320 g/mol. The van der Waals surface area contributed by atoms with Crippen molar-refractivity contribution in [2.75, 3.05) is 0 Å². The zero-order chi connectivity index (χ0) is 14.8. The number of Topliss-reactive ketones (excluding diaryl/α,β-unsaturated/α-hetero) is 1. The molecular formula is C17H14Cl2O2. The van der Waals surface area contributed by atoms with Crippen LogP contribution in [0.15, 0.2) is 48.5 Å². The van der Waals surface area contributed by atoms with Crippen molar-refractivity contribution in [2.24, 2.45) is 0 Å². The molecule has 2 unspecified atom stereocenters. The molecule has 1 saturated heterocycles. The number of hydrogen-bond donors (Lipinski definition) is 0. The van der Waals surface area contributed by atoms with Gasteiger partial charge in [-0.25, -0.2) is 0 Å². The molecule has 0 amide bonds. The van der Waals surface area contributed by atoms with Crippen molar-refractivity contribution in [3.63, 3.8) is 0 Å². The van der Waals surface area contributed by atoms with Gasteiger partial charge in [-0.1, -0.05) is 59.6 Å². The normalized spacial score (nSPS) is 22.3. The molecule has 0 spiro atoms. The Bertz CT molecular complexity index is 614. The van der Waals surface area contributed by atoms with Gasteiger partial charge in [0.05, 0.1) is 12.2 Å². The van der Waals surface area contributed by atoms with E-state index in [2.05, 4.69) is 0 Å². The average Bonchev–Trinajstić information content (AvgIpc) is 2.47. The van der Waals surface area contributed by atoms with Crippen LogP contribution in [0.4, 0.5) is 0 Å². The smallest absolute Gasteiger partial charge is 0.138 e. The molecule has 1 aliphatic rings. The van der Waals surface area contributed by atoms with Gasteiger partial charge >= 0.3 is 0 Å². The first-order valence-corrected chi connectivity index (χ1v) is 7.57. The Hall–Kier alpha value is -1.35. The number of rotatable bonds is 2. The first kappa shape index (κ1) is 14.6. The second kappa shape index (κ2) is 6.18. The van der Waals surface area contributed by atoms with Crippen LogP contribution in [0.25, 0.3) is 0 Å². The van der Waals surface area contributed by atoms with E-state index >= 15 is 0 Å².